The van der Waals surface area contributed by atoms with Gasteiger partial charge in [-0.05, 0) is 31.9 Å². The number of nitrogens with zero attached hydrogens (tertiary/aromatic N) is 1. The van der Waals surface area contributed by atoms with Gasteiger partial charge in [-0.15, -0.1) is 0 Å². The minimum Gasteiger partial charge on any atom is -0.481 e. The smallest absolute Gasteiger partial charge is 0.213 e. The Labute approximate surface area is 84.3 Å². The lowest BCUT2D eigenvalue weighted by molar-refractivity contribution is 0.393. The second kappa shape index (κ2) is 3.58. The van der Waals surface area contributed by atoms with E-state index in [1.54, 1.807) is 7.11 Å². The quantitative estimate of drug-likeness (QED) is 0.785. The largest absolute Gasteiger partial charge is 0.481 e. The van der Waals surface area contributed by atoms with Crippen LogP contribution in [-0.2, 0) is 5.41 Å². The molecule has 0 aromatic carbocycles. The maximum atomic E-state index is 5.60. The fourth-order valence-electron chi connectivity index (χ4n) is 1.89. The first-order chi connectivity index (χ1) is 6.80. The molecule has 2 rings (SSSR count). The van der Waals surface area contributed by atoms with Gasteiger partial charge in [0.1, 0.15) is 0 Å². The molecule has 0 spiro atoms. The molecule has 1 saturated carbocycles. The third-order valence-electron chi connectivity index (χ3n) is 2.95. The van der Waals surface area contributed by atoms with Crippen LogP contribution >= 0.6 is 0 Å². The third kappa shape index (κ3) is 1.60. The number of aromatic nitrogens is 1. The van der Waals surface area contributed by atoms with E-state index >= 15 is 0 Å². The van der Waals surface area contributed by atoms with E-state index in [1.807, 2.05) is 12.1 Å². The van der Waals surface area contributed by atoms with E-state index in [-0.39, 0.29) is 5.41 Å². The predicted molar refractivity (Wildman–Crippen MR) is 55.4 cm³/mol. The average Bonchev–Trinajstić information content (AvgIpc) is 3.00. The summed E-state index contributed by atoms with van der Waals surface area (Å²) in [7, 11) is 1.65. The summed E-state index contributed by atoms with van der Waals surface area (Å²) in [5, 5.41) is 0. The summed E-state index contributed by atoms with van der Waals surface area (Å²) in [6.45, 7) is 0.735. The van der Waals surface area contributed by atoms with E-state index in [9.17, 15) is 0 Å². The zero-order valence-electron chi connectivity index (χ0n) is 8.49. The number of ether oxygens (including phenoxy) is 1. The molecule has 14 heavy (non-hydrogen) atoms. The molecule has 1 aromatic rings. The molecule has 0 saturated heterocycles. The van der Waals surface area contributed by atoms with E-state index in [4.69, 9.17) is 10.5 Å². The Bertz CT molecular complexity index is 321. The SMILES string of the molecule is COc1cccc(C2(CCN)CC2)n1. The van der Waals surface area contributed by atoms with Crippen molar-refractivity contribution in [1.29, 1.82) is 0 Å². The van der Waals surface area contributed by atoms with Crippen LogP contribution < -0.4 is 10.5 Å². The topological polar surface area (TPSA) is 48.1 Å². The van der Waals surface area contributed by atoms with Crippen LogP contribution in [-0.4, -0.2) is 18.6 Å². The van der Waals surface area contributed by atoms with Crippen molar-refractivity contribution in [2.24, 2.45) is 5.73 Å². The summed E-state index contributed by atoms with van der Waals surface area (Å²) in [5.41, 5.74) is 7.01. The molecule has 3 nitrogen and oxygen atoms in total. The van der Waals surface area contributed by atoms with Crippen LogP contribution in [0.2, 0.25) is 0 Å². The molecule has 3 heteroatoms. The molecule has 2 N–H and O–H groups in total. The lowest BCUT2D eigenvalue weighted by Gasteiger charge is -2.13. The van der Waals surface area contributed by atoms with Crippen molar-refractivity contribution in [3.8, 4) is 5.88 Å². The third-order valence-corrected chi connectivity index (χ3v) is 2.95. The predicted octanol–water partition coefficient (Wildman–Crippen LogP) is 1.47. The number of nitrogens with two attached hydrogens (primary N) is 1. The Morgan fingerprint density at radius 1 is 1.50 bits per heavy atom. The summed E-state index contributed by atoms with van der Waals surface area (Å²) in [5.74, 6) is 0.700. The minimum absolute atomic E-state index is 0.267. The van der Waals surface area contributed by atoms with Crippen LogP contribution in [0.1, 0.15) is 25.0 Å². The number of hydrogen-bond acceptors (Lipinski definition) is 3. The molecule has 1 fully saturated rings. The van der Waals surface area contributed by atoms with Crippen LogP contribution in [0.5, 0.6) is 5.88 Å². The van der Waals surface area contributed by atoms with E-state index in [0.717, 1.165) is 18.7 Å². The van der Waals surface area contributed by atoms with Crippen LogP contribution in [0, 0.1) is 0 Å². The zero-order valence-corrected chi connectivity index (χ0v) is 8.49. The average molecular weight is 192 g/mol. The molecule has 0 bridgehead atoms. The molecule has 1 aromatic heterocycles. The fraction of sp³-hybridized carbons (Fsp3) is 0.545. The molecular weight excluding hydrogens is 176 g/mol. The summed E-state index contributed by atoms with van der Waals surface area (Å²) in [6, 6.07) is 5.95. The highest BCUT2D eigenvalue weighted by molar-refractivity contribution is 5.28. The standard InChI is InChI=1S/C11H16N2O/c1-14-10-4-2-3-9(13-10)11(5-6-11)7-8-12/h2-4H,5-8,12H2,1H3. The molecule has 0 radical (unpaired) electrons. The van der Waals surface area contributed by atoms with Gasteiger partial charge in [-0.25, -0.2) is 4.98 Å². The van der Waals surface area contributed by atoms with Crippen LogP contribution in [0.4, 0.5) is 0 Å². The Kier molecular flexibility index (Phi) is 2.42. The molecule has 0 aliphatic heterocycles. The van der Waals surface area contributed by atoms with Crippen molar-refractivity contribution < 1.29 is 4.74 Å². The maximum Gasteiger partial charge on any atom is 0.213 e. The number of hydrogen-bond donors (Lipinski definition) is 1. The Morgan fingerprint density at radius 2 is 2.29 bits per heavy atom. The van der Waals surface area contributed by atoms with Crippen molar-refractivity contribution in [2.45, 2.75) is 24.7 Å². The maximum absolute atomic E-state index is 5.60. The Balaban J connectivity index is 2.23. The van der Waals surface area contributed by atoms with Crippen molar-refractivity contribution in [2.75, 3.05) is 13.7 Å². The second-order valence-corrected chi connectivity index (χ2v) is 3.88. The van der Waals surface area contributed by atoms with E-state index in [2.05, 4.69) is 11.1 Å². The molecule has 0 atom stereocenters. The van der Waals surface area contributed by atoms with E-state index in [0.29, 0.717) is 5.88 Å². The molecule has 0 amide bonds. The lowest BCUT2D eigenvalue weighted by Crippen LogP contribution is -2.15. The van der Waals surface area contributed by atoms with Crippen molar-refractivity contribution in [3.05, 3.63) is 23.9 Å². The monoisotopic (exact) mass is 192 g/mol. The summed E-state index contributed by atoms with van der Waals surface area (Å²) in [6.07, 6.45) is 3.46. The second-order valence-electron chi connectivity index (χ2n) is 3.88. The summed E-state index contributed by atoms with van der Waals surface area (Å²) >= 11 is 0. The summed E-state index contributed by atoms with van der Waals surface area (Å²) in [4.78, 5) is 4.47. The molecule has 0 unspecified atom stereocenters. The van der Waals surface area contributed by atoms with Crippen molar-refractivity contribution >= 4 is 0 Å². The number of pyridine rings is 1. The normalized spacial score (nSPS) is 17.9. The molecule has 1 heterocycles. The van der Waals surface area contributed by atoms with Gasteiger partial charge in [0.15, 0.2) is 0 Å². The molecule has 1 aliphatic carbocycles. The first-order valence-electron chi connectivity index (χ1n) is 5.02. The van der Waals surface area contributed by atoms with Crippen molar-refractivity contribution in [1.82, 2.24) is 4.98 Å². The zero-order chi connectivity index (χ0) is 10.0. The van der Waals surface area contributed by atoms with Gasteiger partial charge in [0.2, 0.25) is 5.88 Å². The van der Waals surface area contributed by atoms with E-state index < -0.39 is 0 Å². The van der Waals surface area contributed by atoms with Crippen LogP contribution in [0.15, 0.2) is 18.2 Å². The number of rotatable bonds is 4. The van der Waals surface area contributed by atoms with Gasteiger partial charge in [-0.2, -0.15) is 0 Å². The Hall–Kier alpha value is -1.09. The highest BCUT2D eigenvalue weighted by Crippen LogP contribution is 2.50. The first kappa shape index (κ1) is 9.46. The van der Waals surface area contributed by atoms with Gasteiger partial charge in [0.25, 0.3) is 0 Å². The van der Waals surface area contributed by atoms with Crippen LogP contribution in [0.3, 0.4) is 0 Å². The van der Waals surface area contributed by atoms with Gasteiger partial charge in [-0.3, -0.25) is 0 Å². The Morgan fingerprint density at radius 3 is 2.86 bits per heavy atom. The van der Waals surface area contributed by atoms with E-state index in [1.165, 1.54) is 12.8 Å². The highest BCUT2D eigenvalue weighted by atomic mass is 16.5. The molecular formula is C11H16N2O. The van der Waals surface area contributed by atoms with Gasteiger partial charge in [0, 0.05) is 11.5 Å². The molecule has 1 aliphatic rings. The van der Waals surface area contributed by atoms with Gasteiger partial charge < -0.3 is 10.5 Å². The van der Waals surface area contributed by atoms with Gasteiger partial charge in [0.05, 0.1) is 12.8 Å². The number of methoxy groups -OCH3 is 1. The minimum atomic E-state index is 0.267. The lowest BCUT2D eigenvalue weighted by atomic mass is 9.97. The molecule has 76 valence electrons. The van der Waals surface area contributed by atoms with Crippen LogP contribution in [0.25, 0.3) is 0 Å². The van der Waals surface area contributed by atoms with Crippen molar-refractivity contribution in [3.63, 3.8) is 0 Å². The van der Waals surface area contributed by atoms with Gasteiger partial charge in [-0.1, -0.05) is 6.07 Å². The van der Waals surface area contributed by atoms with Gasteiger partial charge >= 0.3 is 0 Å². The first-order valence-corrected chi connectivity index (χ1v) is 5.02. The summed E-state index contributed by atoms with van der Waals surface area (Å²) < 4.78 is 5.11. The highest BCUT2D eigenvalue weighted by Gasteiger charge is 2.44. The fourth-order valence-corrected chi connectivity index (χ4v) is 1.89.